The molecule has 0 spiro atoms. The molecule has 1 aliphatic heterocycles. The third kappa shape index (κ3) is 4.40. The summed E-state index contributed by atoms with van der Waals surface area (Å²) in [5.41, 5.74) is 9.67. The number of para-hydroxylation sites is 3. The van der Waals surface area contributed by atoms with Crippen molar-refractivity contribution in [1.29, 1.82) is 0 Å². The van der Waals surface area contributed by atoms with Gasteiger partial charge in [-0.25, -0.2) is 0 Å². The maximum atomic E-state index is 6.76. The topological polar surface area (TPSA) is 21.7 Å². The Balaban J connectivity index is 1.19. The molecule has 3 nitrogen and oxygen atoms in total. The number of rotatable bonds is 5. The van der Waals surface area contributed by atoms with Crippen molar-refractivity contribution >= 4 is 48.6 Å². The Morgan fingerprint density at radius 2 is 1.11 bits per heavy atom. The number of anilines is 3. The summed E-state index contributed by atoms with van der Waals surface area (Å²) in [4.78, 5) is 2.42. The Kier molecular flexibility index (Phi) is 6.64. The Labute approximate surface area is 311 Å². The quantitative estimate of drug-likeness (QED) is 0.179. The Morgan fingerprint density at radius 1 is 0.453 bits per heavy atom. The number of fused-ring (bicyclic) bond motifs is 9. The van der Waals surface area contributed by atoms with Crippen molar-refractivity contribution in [3.8, 4) is 34.1 Å². The number of thiophene rings is 1. The molecule has 53 heavy (non-hydrogen) atoms. The van der Waals surface area contributed by atoms with Gasteiger partial charge in [-0.3, -0.25) is 0 Å². The van der Waals surface area contributed by atoms with Gasteiger partial charge in [-0.1, -0.05) is 127 Å². The van der Waals surface area contributed by atoms with Gasteiger partial charge in [-0.2, -0.15) is 0 Å². The molecule has 250 valence electrons. The van der Waals surface area contributed by atoms with Crippen LogP contribution in [-0.2, 0) is 5.41 Å². The first kappa shape index (κ1) is 30.0. The molecule has 8 aromatic carbocycles. The van der Waals surface area contributed by atoms with E-state index >= 15 is 0 Å². The Morgan fingerprint density at radius 3 is 1.98 bits per heavy atom. The summed E-state index contributed by atoms with van der Waals surface area (Å²) in [5, 5.41) is 2.54. The number of nitrogens with zero attached hydrogens (tertiary/aromatic N) is 1. The number of hydrogen-bond acceptors (Lipinski definition) is 4. The van der Waals surface area contributed by atoms with Crippen LogP contribution in [0.2, 0.25) is 0 Å². The molecule has 0 bridgehead atoms. The van der Waals surface area contributed by atoms with Crippen molar-refractivity contribution in [3.05, 3.63) is 210 Å². The van der Waals surface area contributed by atoms with Gasteiger partial charge in [0.2, 0.25) is 0 Å². The highest BCUT2D eigenvalue weighted by Crippen LogP contribution is 2.62. The largest absolute Gasteiger partial charge is 0.449 e. The van der Waals surface area contributed by atoms with Crippen LogP contribution in [0.5, 0.6) is 23.0 Å². The molecular weight excluding hydrogens is 667 g/mol. The predicted octanol–water partition coefficient (Wildman–Crippen LogP) is 13.8. The molecule has 0 N–H and O–H groups in total. The minimum atomic E-state index is -0.637. The van der Waals surface area contributed by atoms with E-state index in [1.165, 1.54) is 42.4 Å². The molecule has 1 unspecified atom stereocenters. The minimum absolute atomic E-state index is 0.637. The molecule has 0 saturated heterocycles. The molecule has 11 rings (SSSR count). The number of hydrogen-bond donors (Lipinski definition) is 0. The SMILES string of the molecule is c1ccc(N(c2cccc(C3(c4ccccc4)c4ccccc4-c4c3ccc3c4Oc4ccccc4O3)c2)c2cccc3sc4ccccc4c23)cc1. The highest BCUT2D eigenvalue weighted by Gasteiger charge is 2.48. The number of ether oxygens (including phenoxy) is 2. The van der Waals surface area contributed by atoms with Crippen LogP contribution >= 0.6 is 11.3 Å². The third-order valence-electron chi connectivity index (χ3n) is 10.8. The molecule has 1 atom stereocenters. The fourth-order valence-corrected chi connectivity index (χ4v) is 9.77. The van der Waals surface area contributed by atoms with Gasteiger partial charge in [0.25, 0.3) is 0 Å². The average molecular weight is 698 g/mol. The van der Waals surface area contributed by atoms with Gasteiger partial charge in [-0.05, 0) is 88.5 Å². The first-order valence-electron chi connectivity index (χ1n) is 17.9. The minimum Gasteiger partial charge on any atom is -0.449 e. The van der Waals surface area contributed by atoms with E-state index in [-0.39, 0.29) is 0 Å². The summed E-state index contributed by atoms with van der Waals surface area (Å²) in [6, 6.07) is 67.2. The average Bonchev–Trinajstić information content (AvgIpc) is 3.76. The zero-order valence-corrected chi connectivity index (χ0v) is 29.4. The lowest BCUT2D eigenvalue weighted by atomic mass is 9.67. The van der Waals surface area contributed by atoms with Crippen LogP contribution in [0.15, 0.2) is 188 Å². The van der Waals surface area contributed by atoms with Crippen LogP contribution in [0.4, 0.5) is 17.1 Å². The molecule has 1 aromatic heterocycles. The lowest BCUT2D eigenvalue weighted by Gasteiger charge is -2.35. The van der Waals surface area contributed by atoms with E-state index in [1.54, 1.807) is 0 Å². The summed E-state index contributed by atoms with van der Waals surface area (Å²) < 4.78 is 15.8. The summed E-state index contributed by atoms with van der Waals surface area (Å²) >= 11 is 1.85. The van der Waals surface area contributed by atoms with Crippen molar-refractivity contribution < 1.29 is 9.47 Å². The maximum absolute atomic E-state index is 6.76. The normalized spacial score (nSPS) is 15.2. The van der Waals surface area contributed by atoms with Gasteiger partial charge < -0.3 is 14.4 Å². The van der Waals surface area contributed by atoms with Crippen LogP contribution in [0.1, 0.15) is 22.3 Å². The lowest BCUT2D eigenvalue weighted by Crippen LogP contribution is -2.29. The smallest absolute Gasteiger partial charge is 0.178 e. The summed E-state index contributed by atoms with van der Waals surface area (Å²) in [6.07, 6.45) is 0. The second-order valence-corrected chi connectivity index (χ2v) is 14.7. The zero-order chi connectivity index (χ0) is 34.9. The standard InChI is InChI=1S/C49H31NO2S/c1-3-15-32(16-4-1)49(38-23-9-7-21-36(38)46-39(49)29-30-43-48(46)52-42-26-11-10-25-41(42)51-43)33-17-13-20-35(31-33)50(34-18-5-2-6-19-34)40-24-14-28-45-47(40)37-22-8-12-27-44(37)53-45/h1-31H. The third-order valence-corrected chi connectivity index (χ3v) is 11.9. The lowest BCUT2D eigenvalue weighted by molar-refractivity contribution is 0.360. The van der Waals surface area contributed by atoms with Crippen molar-refractivity contribution in [1.82, 2.24) is 0 Å². The molecule has 2 heterocycles. The molecule has 4 heteroatoms. The monoisotopic (exact) mass is 697 g/mol. The first-order chi connectivity index (χ1) is 26.3. The number of benzene rings is 8. The molecule has 0 radical (unpaired) electrons. The van der Waals surface area contributed by atoms with Gasteiger partial charge in [0.15, 0.2) is 23.0 Å². The summed E-state index contributed by atoms with van der Waals surface area (Å²) in [6.45, 7) is 0. The van der Waals surface area contributed by atoms with Crippen molar-refractivity contribution in [2.45, 2.75) is 5.41 Å². The van der Waals surface area contributed by atoms with Crippen molar-refractivity contribution in [3.63, 3.8) is 0 Å². The molecule has 9 aromatic rings. The summed E-state index contributed by atoms with van der Waals surface area (Å²) in [7, 11) is 0. The Hall–Kier alpha value is -6.62. The Bertz CT molecular complexity index is 2860. The van der Waals surface area contributed by atoms with Crippen molar-refractivity contribution in [2.24, 2.45) is 0 Å². The molecule has 2 aliphatic rings. The molecule has 0 saturated carbocycles. The molecule has 0 amide bonds. The van der Waals surface area contributed by atoms with Crippen LogP contribution in [0.3, 0.4) is 0 Å². The van der Waals surface area contributed by atoms with E-state index in [4.69, 9.17) is 9.47 Å². The first-order valence-corrected chi connectivity index (χ1v) is 18.7. The molecule has 1 aliphatic carbocycles. The van der Waals surface area contributed by atoms with E-state index in [1.807, 2.05) is 35.6 Å². The van der Waals surface area contributed by atoms with Crippen LogP contribution in [0, 0.1) is 0 Å². The van der Waals surface area contributed by atoms with Crippen LogP contribution < -0.4 is 14.4 Å². The van der Waals surface area contributed by atoms with Gasteiger partial charge >= 0.3 is 0 Å². The van der Waals surface area contributed by atoms with Gasteiger partial charge in [0.05, 0.1) is 11.1 Å². The highest BCUT2D eigenvalue weighted by atomic mass is 32.1. The van der Waals surface area contributed by atoms with Gasteiger partial charge in [0, 0.05) is 37.1 Å². The fraction of sp³-hybridized carbons (Fsp3) is 0.0204. The predicted molar refractivity (Wildman–Crippen MR) is 218 cm³/mol. The summed E-state index contributed by atoms with van der Waals surface area (Å²) in [5.74, 6) is 2.92. The maximum Gasteiger partial charge on any atom is 0.178 e. The second-order valence-electron chi connectivity index (χ2n) is 13.6. The van der Waals surface area contributed by atoms with Gasteiger partial charge in [0.1, 0.15) is 0 Å². The zero-order valence-electron chi connectivity index (χ0n) is 28.6. The fourth-order valence-electron chi connectivity index (χ4n) is 8.65. The van der Waals surface area contributed by atoms with E-state index in [2.05, 4.69) is 169 Å². The highest BCUT2D eigenvalue weighted by molar-refractivity contribution is 7.26. The van der Waals surface area contributed by atoms with Crippen molar-refractivity contribution in [2.75, 3.05) is 4.90 Å². The second kappa shape index (κ2) is 11.7. The van der Waals surface area contributed by atoms with Crippen LogP contribution in [-0.4, -0.2) is 0 Å². The van der Waals surface area contributed by atoms with Gasteiger partial charge in [-0.15, -0.1) is 11.3 Å². The molecule has 0 fully saturated rings. The van der Waals surface area contributed by atoms with E-state index in [0.717, 1.165) is 51.2 Å². The van der Waals surface area contributed by atoms with E-state index < -0.39 is 5.41 Å². The molecular formula is C49H31NO2S. The van der Waals surface area contributed by atoms with Crippen LogP contribution in [0.25, 0.3) is 31.3 Å². The van der Waals surface area contributed by atoms with E-state index in [9.17, 15) is 0 Å². The van der Waals surface area contributed by atoms with E-state index in [0.29, 0.717) is 0 Å².